The molecule has 0 amide bonds. The molecule has 106 valence electrons. The molecule has 2 N–H and O–H groups in total. The molecule has 2 heterocycles. The van der Waals surface area contributed by atoms with E-state index in [-0.39, 0.29) is 0 Å². The molecular weight excluding hydrogens is 248 g/mol. The highest BCUT2D eigenvalue weighted by atomic mass is 15.1. The van der Waals surface area contributed by atoms with Gasteiger partial charge >= 0.3 is 0 Å². The van der Waals surface area contributed by atoms with Crippen LogP contribution in [0.3, 0.4) is 0 Å². The first-order valence-electron chi connectivity index (χ1n) is 7.27. The SMILES string of the molecule is CN(C)c1ccc2ccnc(NC3CCNCC3)c2c1. The highest BCUT2D eigenvalue weighted by Crippen LogP contribution is 2.26. The lowest BCUT2D eigenvalue weighted by Gasteiger charge is -2.25. The summed E-state index contributed by atoms with van der Waals surface area (Å²) in [5.41, 5.74) is 1.21. The van der Waals surface area contributed by atoms with Gasteiger partial charge < -0.3 is 15.5 Å². The Kier molecular flexibility index (Phi) is 3.74. The van der Waals surface area contributed by atoms with Gasteiger partial charge in [0, 0.05) is 37.4 Å². The van der Waals surface area contributed by atoms with E-state index < -0.39 is 0 Å². The molecule has 2 aromatic rings. The summed E-state index contributed by atoms with van der Waals surface area (Å²) >= 11 is 0. The molecule has 0 spiro atoms. The first-order chi connectivity index (χ1) is 9.74. The third kappa shape index (κ3) is 2.70. The normalized spacial score (nSPS) is 16.3. The minimum absolute atomic E-state index is 0.525. The Morgan fingerprint density at radius 2 is 2.00 bits per heavy atom. The van der Waals surface area contributed by atoms with E-state index in [4.69, 9.17) is 0 Å². The van der Waals surface area contributed by atoms with E-state index in [0.717, 1.165) is 31.7 Å². The van der Waals surface area contributed by atoms with Crippen molar-refractivity contribution in [3.63, 3.8) is 0 Å². The van der Waals surface area contributed by atoms with Gasteiger partial charge in [0.25, 0.3) is 0 Å². The maximum absolute atomic E-state index is 4.55. The number of hydrogen-bond donors (Lipinski definition) is 2. The fourth-order valence-corrected chi connectivity index (χ4v) is 2.71. The number of rotatable bonds is 3. The van der Waals surface area contributed by atoms with Gasteiger partial charge in [0.2, 0.25) is 0 Å². The maximum Gasteiger partial charge on any atom is 0.134 e. The number of piperidine rings is 1. The summed E-state index contributed by atoms with van der Waals surface area (Å²) in [6, 6.07) is 9.13. The van der Waals surface area contributed by atoms with Gasteiger partial charge in [0.05, 0.1) is 0 Å². The standard InChI is InChI=1S/C16H22N4/c1-20(2)14-4-3-12-5-10-18-16(15(12)11-14)19-13-6-8-17-9-7-13/h3-5,10-11,13,17H,6-9H2,1-2H3,(H,18,19). The number of benzene rings is 1. The van der Waals surface area contributed by atoms with Crippen molar-refractivity contribution in [2.75, 3.05) is 37.4 Å². The van der Waals surface area contributed by atoms with E-state index in [1.54, 1.807) is 0 Å². The van der Waals surface area contributed by atoms with Crippen LogP contribution in [-0.4, -0.2) is 38.2 Å². The van der Waals surface area contributed by atoms with Crippen LogP contribution in [0, 0.1) is 0 Å². The second-order valence-electron chi connectivity index (χ2n) is 5.63. The van der Waals surface area contributed by atoms with Crippen LogP contribution in [0.1, 0.15) is 12.8 Å². The molecule has 20 heavy (non-hydrogen) atoms. The molecule has 1 fully saturated rings. The molecule has 1 aromatic heterocycles. The molecule has 1 aliphatic heterocycles. The van der Waals surface area contributed by atoms with E-state index in [2.05, 4.69) is 58.9 Å². The van der Waals surface area contributed by atoms with Gasteiger partial charge in [-0.15, -0.1) is 0 Å². The van der Waals surface area contributed by atoms with Crippen molar-refractivity contribution in [3.05, 3.63) is 30.5 Å². The Morgan fingerprint density at radius 3 is 2.75 bits per heavy atom. The minimum atomic E-state index is 0.525. The molecule has 4 heteroatoms. The lowest BCUT2D eigenvalue weighted by molar-refractivity contribution is 0.478. The molecule has 0 unspecified atom stereocenters. The van der Waals surface area contributed by atoms with Gasteiger partial charge in [0.1, 0.15) is 5.82 Å². The molecular formula is C16H22N4. The van der Waals surface area contributed by atoms with Crippen LogP contribution in [0.4, 0.5) is 11.5 Å². The highest BCUT2D eigenvalue weighted by molar-refractivity contribution is 5.94. The van der Waals surface area contributed by atoms with Crippen molar-refractivity contribution >= 4 is 22.3 Å². The summed E-state index contributed by atoms with van der Waals surface area (Å²) in [6.07, 6.45) is 4.21. The number of hydrogen-bond acceptors (Lipinski definition) is 4. The fourth-order valence-electron chi connectivity index (χ4n) is 2.71. The Morgan fingerprint density at radius 1 is 1.20 bits per heavy atom. The molecule has 0 atom stereocenters. The van der Waals surface area contributed by atoms with E-state index in [9.17, 15) is 0 Å². The molecule has 3 rings (SSSR count). The summed E-state index contributed by atoms with van der Waals surface area (Å²) in [5, 5.41) is 9.46. The van der Waals surface area contributed by atoms with Crippen LogP contribution in [0.15, 0.2) is 30.5 Å². The zero-order valence-electron chi connectivity index (χ0n) is 12.2. The van der Waals surface area contributed by atoms with Crippen LogP contribution in [0.5, 0.6) is 0 Å². The Hall–Kier alpha value is -1.81. The van der Waals surface area contributed by atoms with Crippen molar-refractivity contribution in [2.24, 2.45) is 0 Å². The van der Waals surface area contributed by atoms with Crippen molar-refractivity contribution in [3.8, 4) is 0 Å². The molecule has 4 nitrogen and oxygen atoms in total. The molecule has 1 aromatic carbocycles. The largest absolute Gasteiger partial charge is 0.378 e. The zero-order chi connectivity index (χ0) is 13.9. The van der Waals surface area contributed by atoms with Gasteiger partial charge in [0.15, 0.2) is 0 Å². The number of nitrogens with one attached hydrogen (secondary N) is 2. The van der Waals surface area contributed by atoms with Gasteiger partial charge in [-0.2, -0.15) is 0 Å². The second-order valence-corrected chi connectivity index (χ2v) is 5.63. The average Bonchev–Trinajstić information content (AvgIpc) is 2.48. The lowest BCUT2D eigenvalue weighted by atomic mass is 10.1. The van der Waals surface area contributed by atoms with Gasteiger partial charge in [-0.1, -0.05) is 6.07 Å². The predicted octanol–water partition coefficient (Wildman–Crippen LogP) is 2.46. The third-order valence-corrected chi connectivity index (χ3v) is 3.95. The first kappa shape index (κ1) is 13.2. The highest BCUT2D eigenvalue weighted by Gasteiger charge is 2.14. The van der Waals surface area contributed by atoms with Crippen LogP contribution < -0.4 is 15.5 Å². The van der Waals surface area contributed by atoms with Gasteiger partial charge in [-0.3, -0.25) is 0 Å². The molecule has 1 aliphatic rings. The number of anilines is 2. The lowest BCUT2D eigenvalue weighted by Crippen LogP contribution is -2.35. The van der Waals surface area contributed by atoms with Crippen molar-refractivity contribution in [1.82, 2.24) is 10.3 Å². The predicted molar refractivity (Wildman–Crippen MR) is 85.6 cm³/mol. The molecule has 1 saturated heterocycles. The molecule has 0 bridgehead atoms. The van der Waals surface area contributed by atoms with E-state index >= 15 is 0 Å². The van der Waals surface area contributed by atoms with E-state index in [1.807, 2.05) is 6.20 Å². The van der Waals surface area contributed by atoms with E-state index in [1.165, 1.54) is 16.5 Å². The van der Waals surface area contributed by atoms with Gasteiger partial charge in [-0.25, -0.2) is 4.98 Å². The first-order valence-corrected chi connectivity index (χ1v) is 7.27. The molecule has 0 radical (unpaired) electrons. The Bertz CT molecular complexity index is 588. The number of aromatic nitrogens is 1. The van der Waals surface area contributed by atoms with Crippen LogP contribution in [0.25, 0.3) is 10.8 Å². The Labute approximate surface area is 120 Å². The summed E-state index contributed by atoms with van der Waals surface area (Å²) in [4.78, 5) is 6.68. The average molecular weight is 270 g/mol. The molecule has 0 saturated carbocycles. The number of fused-ring (bicyclic) bond motifs is 1. The molecule has 0 aliphatic carbocycles. The number of pyridine rings is 1. The summed E-state index contributed by atoms with van der Waals surface area (Å²) < 4.78 is 0. The number of nitrogens with zero attached hydrogens (tertiary/aromatic N) is 2. The van der Waals surface area contributed by atoms with Crippen LogP contribution >= 0.6 is 0 Å². The summed E-state index contributed by atoms with van der Waals surface area (Å²) in [5.74, 6) is 1.01. The summed E-state index contributed by atoms with van der Waals surface area (Å²) in [6.45, 7) is 2.18. The fraction of sp³-hybridized carbons (Fsp3) is 0.438. The minimum Gasteiger partial charge on any atom is -0.378 e. The second kappa shape index (κ2) is 5.67. The van der Waals surface area contributed by atoms with Gasteiger partial charge in [-0.05, 0) is 49.5 Å². The summed E-state index contributed by atoms with van der Waals surface area (Å²) in [7, 11) is 4.13. The van der Waals surface area contributed by atoms with Crippen LogP contribution in [-0.2, 0) is 0 Å². The monoisotopic (exact) mass is 270 g/mol. The smallest absolute Gasteiger partial charge is 0.134 e. The van der Waals surface area contributed by atoms with Crippen molar-refractivity contribution in [1.29, 1.82) is 0 Å². The van der Waals surface area contributed by atoms with Crippen molar-refractivity contribution < 1.29 is 0 Å². The van der Waals surface area contributed by atoms with Crippen molar-refractivity contribution in [2.45, 2.75) is 18.9 Å². The van der Waals surface area contributed by atoms with E-state index in [0.29, 0.717) is 6.04 Å². The topological polar surface area (TPSA) is 40.2 Å². The maximum atomic E-state index is 4.55. The third-order valence-electron chi connectivity index (χ3n) is 3.95. The zero-order valence-corrected chi connectivity index (χ0v) is 12.2. The Balaban J connectivity index is 1.94. The quantitative estimate of drug-likeness (QED) is 0.899. The van der Waals surface area contributed by atoms with Crippen LogP contribution in [0.2, 0.25) is 0 Å².